The molecule has 1 atom stereocenters. The summed E-state index contributed by atoms with van der Waals surface area (Å²) in [7, 11) is 0. The van der Waals surface area contributed by atoms with Crippen molar-refractivity contribution in [1.29, 1.82) is 0 Å². The summed E-state index contributed by atoms with van der Waals surface area (Å²) in [5, 5.41) is 4.59. The molecule has 0 spiro atoms. The summed E-state index contributed by atoms with van der Waals surface area (Å²) in [4.78, 5) is 17.0. The van der Waals surface area contributed by atoms with Crippen molar-refractivity contribution in [2.45, 2.75) is 18.6 Å². The van der Waals surface area contributed by atoms with Crippen LogP contribution >= 0.6 is 35.0 Å². The number of nitrogens with zero attached hydrogens (tertiary/aromatic N) is 1. The van der Waals surface area contributed by atoms with Crippen LogP contribution in [0.4, 0.5) is 11.4 Å². The molecular formula is C19H14Cl2N2OS. The molecule has 0 saturated heterocycles. The van der Waals surface area contributed by atoms with Crippen LogP contribution in [-0.2, 0) is 11.2 Å². The molecule has 1 aliphatic heterocycles. The van der Waals surface area contributed by atoms with Gasteiger partial charge in [-0.3, -0.25) is 4.79 Å². The van der Waals surface area contributed by atoms with Crippen LogP contribution in [-0.4, -0.2) is 16.2 Å². The van der Waals surface area contributed by atoms with Crippen LogP contribution in [0.1, 0.15) is 18.1 Å². The van der Waals surface area contributed by atoms with E-state index in [1.54, 1.807) is 18.2 Å². The van der Waals surface area contributed by atoms with Crippen LogP contribution in [0.2, 0.25) is 10.0 Å². The Labute approximate surface area is 160 Å². The third-order valence-corrected chi connectivity index (χ3v) is 5.33. The molecule has 6 heteroatoms. The summed E-state index contributed by atoms with van der Waals surface area (Å²) >= 11 is 13.5. The molecule has 0 fully saturated rings. The Kier molecular flexibility index (Phi) is 5.39. The molecule has 25 heavy (non-hydrogen) atoms. The molecule has 1 heterocycles. The van der Waals surface area contributed by atoms with Crippen molar-refractivity contribution in [3.63, 3.8) is 0 Å². The molecule has 1 unspecified atom stereocenters. The van der Waals surface area contributed by atoms with Gasteiger partial charge in [-0.15, -0.1) is 6.42 Å². The summed E-state index contributed by atoms with van der Waals surface area (Å²) in [5.74, 6) is 2.37. The fourth-order valence-corrected chi connectivity index (χ4v) is 3.81. The maximum Gasteiger partial charge on any atom is 0.237 e. The highest BCUT2D eigenvalue weighted by atomic mass is 35.5. The maximum absolute atomic E-state index is 12.4. The minimum Gasteiger partial charge on any atom is -0.325 e. The van der Waals surface area contributed by atoms with Gasteiger partial charge in [-0.05, 0) is 48.9 Å². The number of carbonyl (C=O) groups is 1. The van der Waals surface area contributed by atoms with Crippen LogP contribution in [0.25, 0.3) is 0 Å². The summed E-state index contributed by atoms with van der Waals surface area (Å²) in [6.07, 6.45) is 6.04. The molecule has 2 aromatic rings. The number of carbonyl (C=O) groups excluding carboxylic acids is 1. The first-order valence-electron chi connectivity index (χ1n) is 7.56. The highest BCUT2D eigenvalue weighted by molar-refractivity contribution is 8.15. The van der Waals surface area contributed by atoms with Crippen molar-refractivity contribution in [1.82, 2.24) is 0 Å². The van der Waals surface area contributed by atoms with Gasteiger partial charge in [0.05, 0.1) is 21.0 Å². The predicted molar refractivity (Wildman–Crippen MR) is 107 cm³/mol. The van der Waals surface area contributed by atoms with E-state index in [0.29, 0.717) is 27.7 Å². The number of aliphatic imine (C=N–C) groups is 1. The smallest absolute Gasteiger partial charge is 0.237 e. The Balaban J connectivity index is 1.62. The lowest BCUT2D eigenvalue weighted by molar-refractivity contribution is -0.115. The number of nitrogens with one attached hydrogen (secondary N) is 1. The largest absolute Gasteiger partial charge is 0.325 e. The highest BCUT2D eigenvalue weighted by Crippen LogP contribution is 2.33. The zero-order chi connectivity index (χ0) is 18.0. The Morgan fingerprint density at radius 2 is 2.12 bits per heavy atom. The third kappa shape index (κ3) is 4.19. The van der Waals surface area contributed by atoms with E-state index in [-0.39, 0.29) is 11.2 Å². The van der Waals surface area contributed by atoms with E-state index in [1.165, 1.54) is 11.8 Å². The number of rotatable bonds is 3. The van der Waals surface area contributed by atoms with Gasteiger partial charge in [0.1, 0.15) is 0 Å². The number of fused-ring (bicyclic) bond motifs is 1. The first-order valence-corrected chi connectivity index (χ1v) is 9.19. The SMILES string of the molecule is C#Cc1ccc(NC(=O)C(C)SC2=Nc3ccc(Cl)cc3C2)cc1Cl. The quantitative estimate of drug-likeness (QED) is 0.722. The lowest BCUT2D eigenvalue weighted by atomic mass is 10.2. The number of terminal acetylenes is 1. The van der Waals surface area contributed by atoms with Gasteiger partial charge in [0.2, 0.25) is 5.91 Å². The first kappa shape index (κ1) is 17.9. The van der Waals surface area contributed by atoms with Gasteiger partial charge in [0.25, 0.3) is 0 Å². The first-order chi connectivity index (χ1) is 12.0. The molecule has 0 aliphatic carbocycles. The van der Waals surface area contributed by atoms with Gasteiger partial charge in [-0.1, -0.05) is 40.9 Å². The van der Waals surface area contributed by atoms with Crippen molar-refractivity contribution in [2.24, 2.45) is 4.99 Å². The molecule has 1 amide bonds. The third-order valence-electron chi connectivity index (χ3n) is 3.70. The standard InChI is InChI=1S/C19H14Cl2N2OS/c1-3-12-4-6-15(10-16(12)21)22-19(24)11(2)25-18-9-13-8-14(20)5-7-17(13)23-18/h1,4-8,10-11H,9H2,2H3,(H,22,24). The maximum atomic E-state index is 12.4. The monoisotopic (exact) mass is 388 g/mol. The Bertz CT molecular complexity index is 918. The lowest BCUT2D eigenvalue weighted by Crippen LogP contribution is -2.23. The molecular weight excluding hydrogens is 375 g/mol. The molecule has 3 rings (SSSR count). The van der Waals surface area contributed by atoms with Gasteiger partial charge in [-0.2, -0.15) is 0 Å². The van der Waals surface area contributed by atoms with Crippen LogP contribution in [0.15, 0.2) is 41.4 Å². The fourth-order valence-electron chi connectivity index (χ4n) is 2.42. The minimum absolute atomic E-state index is 0.119. The van der Waals surface area contributed by atoms with Crippen LogP contribution in [0.3, 0.4) is 0 Å². The summed E-state index contributed by atoms with van der Waals surface area (Å²) in [5.41, 5.74) is 3.21. The number of thioether (sulfide) groups is 1. The second-order valence-electron chi connectivity index (χ2n) is 5.54. The number of benzene rings is 2. The van der Waals surface area contributed by atoms with Crippen LogP contribution in [0.5, 0.6) is 0 Å². The Hall–Kier alpha value is -1.93. The second-order valence-corrected chi connectivity index (χ2v) is 7.80. The molecule has 0 radical (unpaired) electrons. The van der Waals surface area contributed by atoms with Gasteiger partial charge in [-0.25, -0.2) is 4.99 Å². The predicted octanol–water partition coefficient (Wildman–Crippen LogP) is 5.32. The normalized spacial score (nSPS) is 13.6. The van der Waals surface area contributed by atoms with Crippen molar-refractivity contribution >= 4 is 57.3 Å². The van der Waals surface area contributed by atoms with Gasteiger partial charge < -0.3 is 5.32 Å². The van der Waals surface area contributed by atoms with Gasteiger partial charge in [0.15, 0.2) is 0 Å². The number of halogens is 2. The molecule has 0 bridgehead atoms. The fraction of sp³-hybridized carbons (Fsp3) is 0.158. The van der Waals surface area contributed by atoms with Crippen molar-refractivity contribution < 1.29 is 4.79 Å². The van der Waals surface area contributed by atoms with E-state index < -0.39 is 0 Å². The number of amides is 1. The lowest BCUT2D eigenvalue weighted by Gasteiger charge is -2.12. The Morgan fingerprint density at radius 3 is 2.84 bits per heavy atom. The van der Waals surface area contributed by atoms with Gasteiger partial charge in [0, 0.05) is 22.7 Å². The number of hydrogen-bond acceptors (Lipinski definition) is 3. The molecule has 0 saturated carbocycles. The van der Waals surface area contributed by atoms with E-state index in [4.69, 9.17) is 29.6 Å². The molecule has 2 aromatic carbocycles. The van der Waals surface area contributed by atoms with E-state index >= 15 is 0 Å². The molecule has 126 valence electrons. The topological polar surface area (TPSA) is 41.5 Å². The van der Waals surface area contributed by atoms with Crippen molar-refractivity contribution in [3.05, 3.63) is 57.6 Å². The van der Waals surface area contributed by atoms with E-state index in [0.717, 1.165) is 16.3 Å². The zero-order valence-corrected chi connectivity index (χ0v) is 15.7. The number of hydrogen-bond donors (Lipinski definition) is 1. The van der Waals surface area contributed by atoms with Crippen molar-refractivity contribution in [3.8, 4) is 12.3 Å². The highest BCUT2D eigenvalue weighted by Gasteiger charge is 2.21. The van der Waals surface area contributed by atoms with Gasteiger partial charge >= 0.3 is 0 Å². The van der Waals surface area contributed by atoms with Crippen LogP contribution < -0.4 is 5.32 Å². The minimum atomic E-state index is -0.297. The summed E-state index contributed by atoms with van der Waals surface area (Å²) < 4.78 is 0. The molecule has 0 aromatic heterocycles. The summed E-state index contributed by atoms with van der Waals surface area (Å²) in [6, 6.07) is 10.7. The average Bonchev–Trinajstić information content (AvgIpc) is 2.96. The van der Waals surface area contributed by atoms with E-state index in [1.807, 2.05) is 25.1 Å². The van der Waals surface area contributed by atoms with E-state index in [9.17, 15) is 4.79 Å². The second kappa shape index (κ2) is 7.53. The zero-order valence-electron chi connectivity index (χ0n) is 13.3. The summed E-state index contributed by atoms with van der Waals surface area (Å²) in [6.45, 7) is 1.84. The van der Waals surface area contributed by atoms with Crippen molar-refractivity contribution in [2.75, 3.05) is 5.32 Å². The number of anilines is 1. The Morgan fingerprint density at radius 1 is 1.32 bits per heavy atom. The van der Waals surface area contributed by atoms with E-state index in [2.05, 4.69) is 16.2 Å². The molecule has 3 nitrogen and oxygen atoms in total. The molecule has 1 aliphatic rings. The van der Waals surface area contributed by atoms with Crippen LogP contribution in [0, 0.1) is 12.3 Å². The average molecular weight is 389 g/mol. The molecule has 1 N–H and O–H groups in total.